The van der Waals surface area contributed by atoms with Crippen LogP contribution < -0.4 is 0 Å². The molecule has 1 rings (SSSR count). The highest BCUT2D eigenvalue weighted by Gasteiger charge is 2.13. The van der Waals surface area contributed by atoms with Gasteiger partial charge in [-0.25, -0.2) is 0 Å². The average molecular weight is 282 g/mol. The molecule has 0 aromatic heterocycles. The topological polar surface area (TPSA) is 37.4 Å². The Balaban J connectivity index is 0.00000154. The second kappa shape index (κ2) is 10.3. The number of rotatable bonds is 5. The highest BCUT2D eigenvalue weighted by Crippen LogP contribution is 2.09. The molecule has 0 saturated carbocycles. The van der Waals surface area contributed by atoms with Crippen molar-refractivity contribution in [2.75, 3.05) is 19.5 Å². The van der Waals surface area contributed by atoms with E-state index in [1.165, 1.54) is 4.90 Å². The predicted octanol–water partition coefficient (Wildman–Crippen LogP) is 3.39. The molecule has 1 aromatic rings. The van der Waals surface area contributed by atoms with Crippen LogP contribution in [0.3, 0.4) is 0 Å². The Bertz CT molecular complexity index is 430. The number of allylic oxidation sites excluding steroid dienone is 1. The first kappa shape index (κ1) is 17.4. The smallest absolute Gasteiger partial charge is 0.254 e. The van der Waals surface area contributed by atoms with Gasteiger partial charge in [-0.05, 0) is 6.07 Å². The van der Waals surface area contributed by atoms with Crippen LogP contribution >= 0.6 is 11.6 Å². The Kier molecular flexibility index (Phi) is 9.45. The third-order valence-electron chi connectivity index (χ3n) is 2.30. The van der Waals surface area contributed by atoms with E-state index in [2.05, 4.69) is 0 Å². The van der Waals surface area contributed by atoms with E-state index in [0.717, 1.165) is 0 Å². The van der Waals surface area contributed by atoms with E-state index in [1.807, 2.05) is 19.9 Å². The van der Waals surface area contributed by atoms with E-state index in [0.29, 0.717) is 29.8 Å². The minimum atomic E-state index is -0.174. The number of hydrogen-bond acceptors (Lipinski definition) is 2. The van der Waals surface area contributed by atoms with E-state index in [9.17, 15) is 9.59 Å². The van der Waals surface area contributed by atoms with Crippen molar-refractivity contribution >= 4 is 23.8 Å². The summed E-state index contributed by atoms with van der Waals surface area (Å²) >= 11 is 5.49. The van der Waals surface area contributed by atoms with Crippen LogP contribution in [0, 0.1) is 0 Å². The van der Waals surface area contributed by atoms with Crippen molar-refractivity contribution in [1.29, 1.82) is 0 Å². The first-order valence-electron chi connectivity index (χ1n) is 6.21. The maximum absolute atomic E-state index is 12.0. The number of carbonyl (C=O) groups excluding carboxylic acids is 2. The van der Waals surface area contributed by atoms with Gasteiger partial charge in [0.15, 0.2) is 6.29 Å². The molecule has 0 spiro atoms. The maximum Gasteiger partial charge on any atom is 0.254 e. The van der Waals surface area contributed by atoms with Gasteiger partial charge in [0.05, 0.1) is 5.56 Å². The number of alkyl halides is 1. The van der Waals surface area contributed by atoms with Crippen molar-refractivity contribution in [3.8, 4) is 0 Å². The van der Waals surface area contributed by atoms with Gasteiger partial charge in [-0.1, -0.05) is 44.2 Å². The molecule has 1 aromatic carbocycles. The molecule has 3 nitrogen and oxygen atoms in total. The van der Waals surface area contributed by atoms with Crippen molar-refractivity contribution in [2.45, 2.75) is 13.8 Å². The molecule has 0 unspecified atom stereocenters. The van der Waals surface area contributed by atoms with Crippen molar-refractivity contribution in [3.05, 3.63) is 47.5 Å². The van der Waals surface area contributed by atoms with Crippen LogP contribution in [-0.2, 0) is 0 Å². The van der Waals surface area contributed by atoms with Crippen molar-refractivity contribution in [1.82, 2.24) is 4.90 Å². The largest absolute Gasteiger partial charge is 0.338 e. The quantitative estimate of drug-likeness (QED) is 0.471. The third kappa shape index (κ3) is 5.71. The molecule has 0 aliphatic heterocycles. The third-order valence-corrected chi connectivity index (χ3v) is 2.48. The molecule has 0 N–H and O–H groups in total. The monoisotopic (exact) mass is 281 g/mol. The van der Waals surface area contributed by atoms with Crippen LogP contribution in [0.25, 0.3) is 0 Å². The van der Waals surface area contributed by atoms with E-state index in [1.54, 1.807) is 37.4 Å². The molecule has 0 fully saturated rings. The van der Waals surface area contributed by atoms with Gasteiger partial charge in [0, 0.05) is 25.0 Å². The number of amides is 1. The van der Waals surface area contributed by atoms with Crippen LogP contribution in [0.5, 0.6) is 0 Å². The maximum atomic E-state index is 12.0. The summed E-state index contributed by atoms with van der Waals surface area (Å²) in [7, 11) is 1.68. The molecule has 1 amide bonds. The summed E-state index contributed by atoms with van der Waals surface area (Å²) < 4.78 is 0. The van der Waals surface area contributed by atoms with Gasteiger partial charge in [-0.2, -0.15) is 0 Å². The van der Waals surface area contributed by atoms with Gasteiger partial charge < -0.3 is 4.90 Å². The molecule has 0 aliphatic carbocycles. The Labute approximate surface area is 119 Å². The Hall–Kier alpha value is -1.61. The molecule has 0 bridgehead atoms. The molecule has 0 aliphatic rings. The van der Waals surface area contributed by atoms with Crippen LogP contribution in [0.2, 0.25) is 0 Å². The van der Waals surface area contributed by atoms with Crippen LogP contribution in [0.1, 0.15) is 34.6 Å². The lowest BCUT2D eigenvalue weighted by Crippen LogP contribution is -2.27. The van der Waals surface area contributed by atoms with Gasteiger partial charge in [0.25, 0.3) is 5.91 Å². The van der Waals surface area contributed by atoms with Crippen LogP contribution in [-0.4, -0.2) is 36.6 Å². The zero-order valence-corrected chi connectivity index (χ0v) is 12.4. The Morgan fingerprint density at radius 1 is 1.26 bits per heavy atom. The van der Waals surface area contributed by atoms with Crippen molar-refractivity contribution < 1.29 is 9.59 Å². The SMILES string of the molecule is CC.CN(C/C=C/CCl)C(=O)c1ccccc1C=O. The number of aldehydes is 1. The predicted molar refractivity (Wildman–Crippen MR) is 80.0 cm³/mol. The standard InChI is InChI=1S/C13H14ClNO2.C2H6/c1-15(9-5-4-8-14)13(17)12-7-3-2-6-11(12)10-16;1-2/h2-7,10H,8-9H2,1H3;1-2H3/b5-4+;. The lowest BCUT2D eigenvalue weighted by atomic mass is 10.1. The number of benzene rings is 1. The summed E-state index contributed by atoms with van der Waals surface area (Å²) in [6, 6.07) is 6.74. The zero-order valence-electron chi connectivity index (χ0n) is 11.6. The number of likely N-dealkylation sites (N-methyl/N-ethyl adjacent to an activating group) is 1. The number of halogens is 1. The van der Waals surface area contributed by atoms with E-state index in [-0.39, 0.29) is 5.91 Å². The van der Waals surface area contributed by atoms with E-state index >= 15 is 0 Å². The molecule has 0 heterocycles. The molecule has 104 valence electrons. The highest BCUT2D eigenvalue weighted by molar-refractivity contribution is 6.18. The van der Waals surface area contributed by atoms with Gasteiger partial charge in [0.1, 0.15) is 0 Å². The Morgan fingerprint density at radius 3 is 2.47 bits per heavy atom. The average Bonchev–Trinajstić information content (AvgIpc) is 2.48. The summed E-state index contributed by atoms with van der Waals surface area (Å²) in [6.07, 6.45) is 4.28. The van der Waals surface area contributed by atoms with E-state index < -0.39 is 0 Å². The summed E-state index contributed by atoms with van der Waals surface area (Å²) in [6.45, 7) is 4.47. The molecule has 19 heavy (non-hydrogen) atoms. The first-order valence-corrected chi connectivity index (χ1v) is 6.74. The first-order chi connectivity index (χ1) is 9.20. The molecule has 0 atom stereocenters. The lowest BCUT2D eigenvalue weighted by molar-refractivity contribution is 0.0807. The summed E-state index contributed by atoms with van der Waals surface area (Å²) in [5, 5.41) is 0. The molecular weight excluding hydrogens is 262 g/mol. The highest BCUT2D eigenvalue weighted by atomic mass is 35.5. The van der Waals surface area contributed by atoms with Gasteiger partial charge in [-0.3, -0.25) is 9.59 Å². The summed E-state index contributed by atoms with van der Waals surface area (Å²) in [4.78, 5) is 24.4. The second-order valence-corrected chi connectivity index (χ2v) is 3.83. The molecule has 0 radical (unpaired) electrons. The summed E-state index contributed by atoms with van der Waals surface area (Å²) in [5.74, 6) is 0.249. The lowest BCUT2D eigenvalue weighted by Gasteiger charge is -2.15. The van der Waals surface area contributed by atoms with Crippen LogP contribution in [0.15, 0.2) is 36.4 Å². The molecule has 4 heteroatoms. The minimum absolute atomic E-state index is 0.174. The second-order valence-electron chi connectivity index (χ2n) is 3.52. The minimum Gasteiger partial charge on any atom is -0.338 e. The molecule has 0 saturated heterocycles. The van der Waals surface area contributed by atoms with Crippen LogP contribution in [0.4, 0.5) is 0 Å². The fourth-order valence-electron chi connectivity index (χ4n) is 1.38. The number of hydrogen-bond donors (Lipinski definition) is 0. The van der Waals surface area contributed by atoms with Crippen molar-refractivity contribution in [3.63, 3.8) is 0 Å². The normalized spacial score (nSPS) is 9.68. The van der Waals surface area contributed by atoms with Gasteiger partial charge in [0.2, 0.25) is 0 Å². The van der Waals surface area contributed by atoms with Gasteiger partial charge in [-0.15, -0.1) is 11.6 Å². The number of carbonyl (C=O) groups is 2. The Morgan fingerprint density at radius 2 is 1.89 bits per heavy atom. The fraction of sp³-hybridized carbons (Fsp3) is 0.333. The zero-order chi connectivity index (χ0) is 14.7. The summed E-state index contributed by atoms with van der Waals surface area (Å²) in [5.41, 5.74) is 0.829. The van der Waals surface area contributed by atoms with E-state index in [4.69, 9.17) is 11.6 Å². The number of nitrogens with zero attached hydrogens (tertiary/aromatic N) is 1. The van der Waals surface area contributed by atoms with Gasteiger partial charge >= 0.3 is 0 Å². The van der Waals surface area contributed by atoms with Crippen molar-refractivity contribution in [2.24, 2.45) is 0 Å². The fourth-order valence-corrected chi connectivity index (χ4v) is 1.50. The molecular formula is C15H20ClNO2.